The zero-order valence-electron chi connectivity index (χ0n) is 10.2. The fourth-order valence-electron chi connectivity index (χ4n) is 1.20. The number of hydrogen-bond donors (Lipinski definition) is 2. The van der Waals surface area contributed by atoms with Crippen LogP contribution in [0, 0.1) is 5.92 Å². The van der Waals surface area contributed by atoms with Gasteiger partial charge in [-0.05, 0) is 19.8 Å². The molecule has 0 saturated heterocycles. The molecule has 0 heterocycles. The maximum absolute atomic E-state index is 11.3. The minimum atomic E-state index is -1.83. The second kappa shape index (κ2) is 11.8. The van der Waals surface area contributed by atoms with Gasteiger partial charge in [-0.15, -0.1) is 0 Å². The molecule has 0 aromatic heterocycles. The Balaban J connectivity index is 0. The van der Waals surface area contributed by atoms with Crippen LogP contribution in [0.5, 0.6) is 0 Å². The molecule has 2 N–H and O–H groups in total. The molecule has 0 aromatic rings. The van der Waals surface area contributed by atoms with Gasteiger partial charge >= 0.3 is 12.1 Å². The Morgan fingerprint density at radius 1 is 1.19 bits per heavy atom. The summed E-state index contributed by atoms with van der Waals surface area (Å²) in [4.78, 5) is 19.8. The van der Waals surface area contributed by atoms with Crippen LogP contribution in [0.1, 0.15) is 46.5 Å². The number of rotatable bonds is 6. The monoisotopic (exact) mass is 234 g/mol. The summed E-state index contributed by atoms with van der Waals surface area (Å²) in [6.45, 7) is 6.53. The third kappa shape index (κ3) is 12.7. The molecule has 16 heavy (non-hydrogen) atoms. The van der Waals surface area contributed by atoms with Gasteiger partial charge in [-0.25, -0.2) is 4.79 Å². The molecule has 0 aliphatic carbocycles. The molecule has 0 amide bonds. The van der Waals surface area contributed by atoms with Gasteiger partial charge in [0.05, 0.1) is 12.5 Å². The lowest BCUT2D eigenvalue weighted by atomic mass is 10.00. The molecule has 0 rings (SSSR count). The zero-order chi connectivity index (χ0) is 13.0. The standard InChI is InChI=1S/C10H20O2.CH2O3/c1-4-7-8-9(5-2)10(11)12-6-3;2-1(3)4/h9H,4-8H2,1-3H3;(H2,2,3,4). The van der Waals surface area contributed by atoms with Crippen molar-refractivity contribution in [2.45, 2.75) is 46.5 Å². The van der Waals surface area contributed by atoms with E-state index in [2.05, 4.69) is 6.92 Å². The first-order valence-electron chi connectivity index (χ1n) is 5.57. The van der Waals surface area contributed by atoms with Gasteiger partial charge in [0.15, 0.2) is 0 Å². The highest BCUT2D eigenvalue weighted by Gasteiger charge is 2.16. The smallest absolute Gasteiger partial charge is 0.466 e. The van der Waals surface area contributed by atoms with Crippen LogP contribution >= 0.6 is 0 Å². The first-order chi connectivity index (χ1) is 7.49. The highest BCUT2D eigenvalue weighted by Crippen LogP contribution is 2.13. The SMILES string of the molecule is CCCCC(CC)C(=O)OCC.O=C(O)O. The molecule has 0 aliphatic heterocycles. The van der Waals surface area contributed by atoms with E-state index in [9.17, 15) is 4.79 Å². The summed E-state index contributed by atoms with van der Waals surface area (Å²) < 4.78 is 4.95. The number of carbonyl (C=O) groups is 2. The van der Waals surface area contributed by atoms with E-state index in [-0.39, 0.29) is 11.9 Å². The number of carboxylic acid groups (broad SMARTS) is 2. The van der Waals surface area contributed by atoms with Gasteiger partial charge in [0.25, 0.3) is 0 Å². The van der Waals surface area contributed by atoms with E-state index in [0.29, 0.717) is 6.61 Å². The fourth-order valence-corrected chi connectivity index (χ4v) is 1.20. The van der Waals surface area contributed by atoms with Gasteiger partial charge in [0.1, 0.15) is 0 Å². The molecule has 0 bridgehead atoms. The average Bonchev–Trinajstić information content (AvgIpc) is 2.18. The maximum atomic E-state index is 11.3. The second-order valence-corrected chi connectivity index (χ2v) is 3.28. The highest BCUT2D eigenvalue weighted by atomic mass is 16.6. The van der Waals surface area contributed by atoms with Crippen molar-refractivity contribution in [3.63, 3.8) is 0 Å². The van der Waals surface area contributed by atoms with Crippen molar-refractivity contribution in [3.8, 4) is 0 Å². The van der Waals surface area contributed by atoms with Crippen molar-refractivity contribution >= 4 is 12.1 Å². The lowest BCUT2D eigenvalue weighted by Gasteiger charge is -2.12. The Labute approximate surface area is 96.4 Å². The molecule has 0 saturated carbocycles. The molecule has 1 atom stereocenters. The Morgan fingerprint density at radius 2 is 1.69 bits per heavy atom. The predicted molar refractivity (Wildman–Crippen MR) is 60.6 cm³/mol. The van der Waals surface area contributed by atoms with Gasteiger partial charge < -0.3 is 14.9 Å². The van der Waals surface area contributed by atoms with Crippen LogP contribution < -0.4 is 0 Å². The summed E-state index contributed by atoms with van der Waals surface area (Å²) in [5, 5.41) is 13.9. The summed E-state index contributed by atoms with van der Waals surface area (Å²) >= 11 is 0. The van der Waals surface area contributed by atoms with Crippen LogP contribution in [0.2, 0.25) is 0 Å². The minimum absolute atomic E-state index is 0.0200. The molecule has 5 nitrogen and oxygen atoms in total. The van der Waals surface area contributed by atoms with Crippen molar-refractivity contribution in [2.75, 3.05) is 6.61 Å². The molecule has 96 valence electrons. The van der Waals surface area contributed by atoms with E-state index in [0.717, 1.165) is 25.7 Å². The van der Waals surface area contributed by atoms with Crippen LogP contribution in [-0.2, 0) is 9.53 Å². The molecule has 0 aliphatic rings. The number of unbranched alkanes of at least 4 members (excludes halogenated alkanes) is 1. The topological polar surface area (TPSA) is 83.8 Å². The minimum Gasteiger partial charge on any atom is -0.466 e. The van der Waals surface area contributed by atoms with E-state index in [1.807, 2.05) is 13.8 Å². The average molecular weight is 234 g/mol. The lowest BCUT2D eigenvalue weighted by Crippen LogP contribution is -2.16. The van der Waals surface area contributed by atoms with Gasteiger partial charge in [-0.2, -0.15) is 0 Å². The van der Waals surface area contributed by atoms with Crippen LogP contribution in [0.3, 0.4) is 0 Å². The maximum Gasteiger partial charge on any atom is 0.503 e. The predicted octanol–water partition coefficient (Wildman–Crippen LogP) is 2.99. The van der Waals surface area contributed by atoms with Gasteiger partial charge in [-0.3, -0.25) is 4.79 Å². The summed E-state index contributed by atoms with van der Waals surface area (Å²) in [6.07, 6.45) is 2.32. The Kier molecular flexibility index (Phi) is 12.7. The van der Waals surface area contributed by atoms with E-state index >= 15 is 0 Å². The van der Waals surface area contributed by atoms with Crippen LogP contribution in [0.4, 0.5) is 4.79 Å². The molecular weight excluding hydrogens is 212 g/mol. The summed E-state index contributed by atoms with van der Waals surface area (Å²) in [6, 6.07) is 0. The Morgan fingerprint density at radius 3 is 2.00 bits per heavy atom. The summed E-state index contributed by atoms with van der Waals surface area (Å²) in [7, 11) is 0. The molecule has 5 heteroatoms. The largest absolute Gasteiger partial charge is 0.503 e. The fraction of sp³-hybridized carbons (Fsp3) is 0.818. The lowest BCUT2D eigenvalue weighted by molar-refractivity contribution is -0.148. The number of carbonyl (C=O) groups excluding carboxylic acids is 1. The second-order valence-electron chi connectivity index (χ2n) is 3.28. The molecule has 0 fully saturated rings. The first-order valence-corrected chi connectivity index (χ1v) is 5.57. The molecule has 0 spiro atoms. The highest BCUT2D eigenvalue weighted by molar-refractivity contribution is 5.72. The summed E-state index contributed by atoms with van der Waals surface area (Å²) in [5.74, 6) is 0.110. The summed E-state index contributed by atoms with van der Waals surface area (Å²) in [5.41, 5.74) is 0. The molecular formula is C11H22O5. The zero-order valence-corrected chi connectivity index (χ0v) is 10.2. The van der Waals surface area contributed by atoms with Crippen LogP contribution in [0.15, 0.2) is 0 Å². The van der Waals surface area contributed by atoms with Gasteiger partial charge in [-0.1, -0.05) is 26.7 Å². The van der Waals surface area contributed by atoms with Crippen molar-refractivity contribution in [1.82, 2.24) is 0 Å². The number of hydrogen-bond acceptors (Lipinski definition) is 3. The third-order valence-corrected chi connectivity index (χ3v) is 2.02. The number of ether oxygens (including phenoxy) is 1. The van der Waals surface area contributed by atoms with Gasteiger partial charge in [0.2, 0.25) is 0 Å². The van der Waals surface area contributed by atoms with Crippen molar-refractivity contribution in [1.29, 1.82) is 0 Å². The van der Waals surface area contributed by atoms with Crippen molar-refractivity contribution in [3.05, 3.63) is 0 Å². The van der Waals surface area contributed by atoms with Crippen LogP contribution in [-0.4, -0.2) is 28.9 Å². The van der Waals surface area contributed by atoms with Crippen molar-refractivity contribution in [2.24, 2.45) is 5.92 Å². The van der Waals surface area contributed by atoms with E-state index in [1.54, 1.807) is 0 Å². The third-order valence-electron chi connectivity index (χ3n) is 2.02. The van der Waals surface area contributed by atoms with E-state index in [4.69, 9.17) is 19.7 Å². The normalized spacial score (nSPS) is 10.9. The van der Waals surface area contributed by atoms with Crippen LogP contribution in [0.25, 0.3) is 0 Å². The van der Waals surface area contributed by atoms with Crippen molar-refractivity contribution < 1.29 is 24.5 Å². The molecule has 0 aromatic carbocycles. The molecule has 1 unspecified atom stereocenters. The number of esters is 1. The van der Waals surface area contributed by atoms with E-state index < -0.39 is 6.16 Å². The van der Waals surface area contributed by atoms with Gasteiger partial charge in [0, 0.05) is 0 Å². The van der Waals surface area contributed by atoms with E-state index in [1.165, 1.54) is 0 Å². The Hall–Kier alpha value is -1.26. The Bertz CT molecular complexity index is 187. The first kappa shape index (κ1) is 17.1. The molecule has 0 radical (unpaired) electrons. The quantitative estimate of drug-likeness (QED) is 0.690.